The van der Waals surface area contributed by atoms with Crippen LogP contribution in [0.15, 0.2) is 41.3 Å². The van der Waals surface area contributed by atoms with Gasteiger partial charge >= 0.3 is 0 Å². The van der Waals surface area contributed by atoms with Gasteiger partial charge in [-0.05, 0) is 67.8 Å². The summed E-state index contributed by atoms with van der Waals surface area (Å²) < 4.78 is 6.96. The third kappa shape index (κ3) is 4.34. The molecule has 29 heavy (non-hydrogen) atoms. The molecule has 2 heterocycles. The van der Waals surface area contributed by atoms with E-state index >= 15 is 0 Å². The number of anilines is 1. The summed E-state index contributed by atoms with van der Waals surface area (Å²) >= 11 is 3.33. The van der Waals surface area contributed by atoms with Gasteiger partial charge in [0.05, 0.1) is 22.9 Å². The summed E-state index contributed by atoms with van der Waals surface area (Å²) in [4.78, 5) is 21.4. The number of amides is 1. The van der Waals surface area contributed by atoms with Crippen molar-refractivity contribution in [1.82, 2.24) is 4.98 Å². The fourth-order valence-corrected chi connectivity index (χ4v) is 5.36. The van der Waals surface area contributed by atoms with Gasteiger partial charge in [-0.1, -0.05) is 30.4 Å². The van der Waals surface area contributed by atoms with E-state index in [0.29, 0.717) is 12.1 Å². The van der Waals surface area contributed by atoms with Crippen molar-refractivity contribution in [1.29, 1.82) is 0 Å². The van der Waals surface area contributed by atoms with E-state index in [1.165, 1.54) is 11.1 Å². The van der Waals surface area contributed by atoms with E-state index in [1.807, 2.05) is 23.1 Å². The molecule has 1 unspecified atom stereocenters. The molecule has 0 spiro atoms. The molecule has 0 radical (unpaired) electrons. The average Bonchev–Trinajstić information content (AvgIpc) is 3.39. The van der Waals surface area contributed by atoms with Gasteiger partial charge in [-0.25, -0.2) is 4.98 Å². The monoisotopic (exact) mass is 426 g/mol. The first-order valence-corrected chi connectivity index (χ1v) is 11.9. The quantitative estimate of drug-likeness (QED) is 0.464. The minimum absolute atomic E-state index is 0.00696. The Balaban J connectivity index is 1.72. The molecule has 0 aliphatic carbocycles. The number of nitrogens with zero attached hydrogens (tertiary/aromatic N) is 2. The number of ether oxygens (including phenoxy) is 1. The van der Waals surface area contributed by atoms with E-state index in [4.69, 9.17) is 9.72 Å². The number of benzene rings is 2. The van der Waals surface area contributed by atoms with Crippen LogP contribution in [0.4, 0.5) is 5.13 Å². The zero-order chi connectivity index (χ0) is 20.4. The highest BCUT2D eigenvalue weighted by atomic mass is 32.2. The maximum Gasteiger partial charge on any atom is 0.260 e. The Morgan fingerprint density at radius 3 is 2.93 bits per heavy atom. The van der Waals surface area contributed by atoms with E-state index in [0.717, 1.165) is 45.4 Å². The van der Waals surface area contributed by atoms with Crippen LogP contribution in [0.3, 0.4) is 0 Å². The van der Waals surface area contributed by atoms with Crippen LogP contribution in [0.1, 0.15) is 41.3 Å². The number of hydrogen-bond acceptors (Lipinski definition) is 5. The van der Waals surface area contributed by atoms with E-state index in [2.05, 4.69) is 39.0 Å². The average molecular weight is 427 g/mol. The predicted octanol–water partition coefficient (Wildman–Crippen LogP) is 5.85. The molecule has 2 aromatic carbocycles. The number of hydrogen-bond donors (Lipinski definition) is 0. The van der Waals surface area contributed by atoms with Crippen molar-refractivity contribution < 1.29 is 9.53 Å². The molecule has 152 valence electrons. The molecule has 6 heteroatoms. The smallest absolute Gasteiger partial charge is 0.260 e. The topological polar surface area (TPSA) is 42.4 Å². The Morgan fingerprint density at radius 2 is 2.17 bits per heavy atom. The lowest BCUT2D eigenvalue weighted by molar-refractivity contribution is 0.0917. The Hall–Kier alpha value is -1.89. The number of aryl methyl sites for hydroxylation is 2. The highest BCUT2D eigenvalue weighted by Gasteiger charge is 2.27. The molecule has 1 aliphatic rings. The Bertz CT molecular complexity index is 1020. The van der Waals surface area contributed by atoms with Gasteiger partial charge in [-0.15, -0.1) is 11.8 Å². The van der Waals surface area contributed by atoms with Crippen molar-refractivity contribution in [2.75, 3.05) is 23.8 Å². The van der Waals surface area contributed by atoms with Gasteiger partial charge in [-0.2, -0.15) is 0 Å². The van der Waals surface area contributed by atoms with Crippen LogP contribution < -0.4 is 4.90 Å². The standard InChI is InChI=1S/C23H26N2O2S2/c1-4-28-19-9-5-7-17(13-19)22(26)25(14-18-8-6-12-27-18)23-24-21-16(3)15(2)10-11-20(21)29-23/h5,7,9-11,13,18H,4,6,8,12,14H2,1-3H3. The highest BCUT2D eigenvalue weighted by molar-refractivity contribution is 7.99. The molecule has 0 bridgehead atoms. The molecule has 1 aromatic heterocycles. The fraction of sp³-hybridized carbons (Fsp3) is 0.391. The number of fused-ring (bicyclic) bond motifs is 1. The van der Waals surface area contributed by atoms with Crippen molar-refractivity contribution >= 4 is 44.4 Å². The molecule has 4 rings (SSSR count). The van der Waals surface area contributed by atoms with Gasteiger partial charge in [0.25, 0.3) is 5.91 Å². The number of thioether (sulfide) groups is 1. The van der Waals surface area contributed by atoms with E-state index in [1.54, 1.807) is 23.1 Å². The maximum atomic E-state index is 13.5. The van der Waals surface area contributed by atoms with Crippen molar-refractivity contribution in [3.63, 3.8) is 0 Å². The first kappa shape index (κ1) is 20.4. The Morgan fingerprint density at radius 1 is 1.31 bits per heavy atom. The first-order chi connectivity index (χ1) is 14.1. The molecular formula is C23H26N2O2S2. The van der Waals surface area contributed by atoms with Crippen LogP contribution >= 0.6 is 23.1 Å². The molecule has 1 amide bonds. The van der Waals surface area contributed by atoms with Gasteiger partial charge in [0.15, 0.2) is 5.13 Å². The fourth-order valence-electron chi connectivity index (χ4n) is 3.61. The van der Waals surface area contributed by atoms with E-state index in [-0.39, 0.29) is 12.0 Å². The SMILES string of the molecule is CCSc1cccc(C(=O)N(CC2CCCO2)c2nc3c(C)c(C)ccc3s2)c1. The van der Waals surface area contributed by atoms with Crippen LogP contribution in [-0.2, 0) is 4.74 Å². The number of thiazole rings is 1. The third-order valence-corrected chi connectivity index (χ3v) is 7.27. The minimum atomic E-state index is -0.00696. The lowest BCUT2D eigenvalue weighted by Crippen LogP contribution is -2.37. The lowest BCUT2D eigenvalue weighted by Gasteiger charge is -2.23. The largest absolute Gasteiger partial charge is 0.376 e. The van der Waals surface area contributed by atoms with Gasteiger partial charge in [0.1, 0.15) is 0 Å². The highest BCUT2D eigenvalue weighted by Crippen LogP contribution is 2.33. The summed E-state index contributed by atoms with van der Waals surface area (Å²) in [5.74, 6) is 0.973. The summed E-state index contributed by atoms with van der Waals surface area (Å²) in [5.41, 5.74) is 4.09. The van der Waals surface area contributed by atoms with Crippen LogP contribution in [-0.4, -0.2) is 35.9 Å². The third-order valence-electron chi connectivity index (χ3n) is 5.35. The zero-order valence-corrected chi connectivity index (χ0v) is 18.7. The molecule has 1 aliphatic heterocycles. The van der Waals surface area contributed by atoms with Gasteiger partial charge in [0.2, 0.25) is 0 Å². The number of carbonyl (C=O) groups excluding carboxylic acids is 1. The molecule has 4 nitrogen and oxygen atoms in total. The normalized spacial score (nSPS) is 16.4. The summed E-state index contributed by atoms with van der Waals surface area (Å²) in [6.45, 7) is 7.63. The van der Waals surface area contributed by atoms with Crippen molar-refractivity contribution in [3.8, 4) is 0 Å². The number of aromatic nitrogens is 1. The summed E-state index contributed by atoms with van der Waals surface area (Å²) in [6, 6.07) is 12.1. The van der Waals surface area contributed by atoms with E-state index < -0.39 is 0 Å². The van der Waals surface area contributed by atoms with Crippen molar-refractivity contribution in [2.24, 2.45) is 0 Å². The molecular weight excluding hydrogens is 400 g/mol. The van der Waals surface area contributed by atoms with Gasteiger partial charge in [0, 0.05) is 17.1 Å². The first-order valence-electron chi connectivity index (χ1n) is 10.1. The van der Waals surface area contributed by atoms with Crippen molar-refractivity contribution in [3.05, 3.63) is 53.1 Å². The van der Waals surface area contributed by atoms with Crippen LogP contribution in [0.5, 0.6) is 0 Å². The van der Waals surface area contributed by atoms with Crippen LogP contribution in [0, 0.1) is 13.8 Å². The lowest BCUT2D eigenvalue weighted by atomic mass is 10.1. The molecule has 0 N–H and O–H groups in total. The zero-order valence-electron chi connectivity index (χ0n) is 17.1. The Kier molecular flexibility index (Phi) is 6.23. The molecule has 3 aromatic rings. The predicted molar refractivity (Wildman–Crippen MR) is 123 cm³/mol. The second kappa shape index (κ2) is 8.86. The second-order valence-electron chi connectivity index (χ2n) is 7.36. The molecule has 0 saturated carbocycles. The Labute approximate surface area is 180 Å². The van der Waals surface area contributed by atoms with E-state index in [9.17, 15) is 4.79 Å². The van der Waals surface area contributed by atoms with Gasteiger partial charge in [-0.3, -0.25) is 9.69 Å². The summed E-state index contributed by atoms with van der Waals surface area (Å²) in [7, 11) is 0. The molecule has 1 fully saturated rings. The van der Waals surface area contributed by atoms with Crippen molar-refractivity contribution in [2.45, 2.75) is 44.6 Å². The number of rotatable bonds is 6. The number of carbonyl (C=O) groups is 1. The second-order valence-corrected chi connectivity index (χ2v) is 9.71. The summed E-state index contributed by atoms with van der Waals surface area (Å²) in [6.07, 6.45) is 2.11. The van der Waals surface area contributed by atoms with Crippen LogP contribution in [0.2, 0.25) is 0 Å². The van der Waals surface area contributed by atoms with Gasteiger partial charge < -0.3 is 4.74 Å². The maximum absolute atomic E-state index is 13.5. The molecule has 1 atom stereocenters. The molecule has 1 saturated heterocycles. The summed E-state index contributed by atoms with van der Waals surface area (Å²) in [5, 5.41) is 0.753. The van der Waals surface area contributed by atoms with Crippen LogP contribution in [0.25, 0.3) is 10.2 Å². The minimum Gasteiger partial charge on any atom is -0.376 e.